The molecule has 6 nitrogen and oxygen atoms in total. The molecule has 0 atom stereocenters. The molecule has 6 heteroatoms. The van der Waals surface area contributed by atoms with Crippen LogP contribution in [0.2, 0.25) is 0 Å². The molecule has 0 radical (unpaired) electrons. The third kappa shape index (κ3) is 10.5. The first-order chi connectivity index (χ1) is 8.63. The van der Waals surface area contributed by atoms with Crippen molar-refractivity contribution in [2.24, 2.45) is 0 Å². The van der Waals surface area contributed by atoms with E-state index in [-0.39, 0.29) is 17.1 Å². The molecule has 0 aliphatic rings. The van der Waals surface area contributed by atoms with E-state index >= 15 is 0 Å². The molecule has 19 heavy (non-hydrogen) atoms. The highest BCUT2D eigenvalue weighted by atomic mass is 16.5. The quantitative estimate of drug-likeness (QED) is 0.459. The molecule has 0 aromatic carbocycles. The van der Waals surface area contributed by atoms with Gasteiger partial charge in [0.15, 0.2) is 0 Å². The summed E-state index contributed by atoms with van der Waals surface area (Å²) >= 11 is 0. The predicted octanol–water partition coefficient (Wildman–Crippen LogP) is 1.78. The fourth-order valence-corrected chi connectivity index (χ4v) is 0.567. The van der Waals surface area contributed by atoms with Gasteiger partial charge in [-0.1, -0.05) is 18.7 Å². The van der Waals surface area contributed by atoms with E-state index in [2.05, 4.69) is 11.3 Å². The van der Waals surface area contributed by atoms with Crippen molar-refractivity contribution in [3.05, 3.63) is 35.5 Å². The van der Waals surface area contributed by atoms with Gasteiger partial charge in [0.05, 0.1) is 7.11 Å². The summed E-state index contributed by atoms with van der Waals surface area (Å²) in [5, 5.41) is 16.8. The van der Waals surface area contributed by atoms with Crippen LogP contribution in [-0.4, -0.2) is 35.2 Å². The molecule has 0 fully saturated rings. The lowest BCUT2D eigenvalue weighted by atomic mass is 10.2. The summed E-state index contributed by atoms with van der Waals surface area (Å²) in [6.07, 6.45) is 2.51. The Hall–Kier alpha value is -2.37. The van der Waals surface area contributed by atoms with E-state index in [4.69, 9.17) is 10.2 Å². The summed E-state index contributed by atoms with van der Waals surface area (Å²) in [5.41, 5.74) is 0.647. The van der Waals surface area contributed by atoms with Gasteiger partial charge in [-0.3, -0.25) is 0 Å². The van der Waals surface area contributed by atoms with E-state index in [0.717, 1.165) is 0 Å². The number of methoxy groups -OCH3 is 1. The van der Waals surface area contributed by atoms with Crippen molar-refractivity contribution in [3.63, 3.8) is 0 Å². The predicted molar refractivity (Wildman–Crippen MR) is 69.6 cm³/mol. The standard InChI is InChI=1S/C8H10O4.C5H8O2/c1-5(7(9)10)3-4-6(2)8(11)12;1-4(2)5(6)7-3/h3-4H,1-2H3,(H,9,10)(H,11,12);1H2,2-3H3. The van der Waals surface area contributed by atoms with Crippen LogP contribution in [0.15, 0.2) is 35.5 Å². The van der Waals surface area contributed by atoms with Crippen LogP contribution >= 0.6 is 0 Å². The minimum absolute atomic E-state index is 0.107. The van der Waals surface area contributed by atoms with E-state index in [1.165, 1.54) is 33.1 Å². The SMILES string of the molecule is C=C(C)C(=O)OC.CC(=CC=C(C)C(=O)O)C(=O)O. The Morgan fingerprint density at radius 3 is 1.37 bits per heavy atom. The molecular formula is C13H18O6. The molecule has 0 amide bonds. The van der Waals surface area contributed by atoms with Crippen LogP contribution in [0.3, 0.4) is 0 Å². The van der Waals surface area contributed by atoms with E-state index < -0.39 is 11.9 Å². The van der Waals surface area contributed by atoms with Crippen molar-refractivity contribution < 1.29 is 29.3 Å². The second-order valence-corrected chi connectivity index (χ2v) is 3.58. The lowest BCUT2D eigenvalue weighted by Gasteiger charge is -1.91. The molecule has 0 saturated carbocycles. The average Bonchev–Trinajstić information content (AvgIpc) is 2.34. The van der Waals surface area contributed by atoms with E-state index in [1.54, 1.807) is 6.92 Å². The maximum atomic E-state index is 10.2. The van der Waals surface area contributed by atoms with Gasteiger partial charge in [0.25, 0.3) is 0 Å². The number of carbonyl (C=O) groups is 3. The lowest BCUT2D eigenvalue weighted by Crippen LogP contribution is -1.98. The van der Waals surface area contributed by atoms with Crippen LogP contribution in [0.25, 0.3) is 0 Å². The number of rotatable bonds is 4. The molecule has 0 spiro atoms. The van der Waals surface area contributed by atoms with Gasteiger partial charge in [0, 0.05) is 16.7 Å². The van der Waals surface area contributed by atoms with Crippen LogP contribution in [0.4, 0.5) is 0 Å². The molecule has 0 aliphatic heterocycles. The Morgan fingerprint density at radius 1 is 0.947 bits per heavy atom. The summed E-state index contributed by atoms with van der Waals surface area (Å²) in [4.78, 5) is 30.7. The number of ether oxygens (including phenoxy) is 1. The lowest BCUT2D eigenvalue weighted by molar-refractivity contribution is -0.136. The Kier molecular flexibility index (Phi) is 9.63. The first-order valence-corrected chi connectivity index (χ1v) is 5.19. The fraction of sp³-hybridized carbons (Fsp3) is 0.308. The number of carboxylic acids is 2. The summed E-state index contributed by atoms with van der Waals surface area (Å²) < 4.78 is 4.27. The number of carbonyl (C=O) groups excluding carboxylic acids is 1. The second kappa shape index (κ2) is 9.64. The minimum Gasteiger partial charge on any atom is -0.478 e. The van der Waals surface area contributed by atoms with Gasteiger partial charge in [0.1, 0.15) is 0 Å². The van der Waals surface area contributed by atoms with Crippen molar-refractivity contribution in [2.45, 2.75) is 20.8 Å². The van der Waals surface area contributed by atoms with Crippen molar-refractivity contribution in [1.29, 1.82) is 0 Å². The molecule has 0 unspecified atom stereocenters. The van der Waals surface area contributed by atoms with Crippen molar-refractivity contribution in [3.8, 4) is 0 Å². The maximum Gasteiger partial charge on any atom is 0.332 e. The molecule has 0 aliphatic carbocycles. The zero-order chi connectivity index (χ0) is 15.6. The molecule has 0 aromatic heterocycles. The fourth-order valence-electron chi connectivity index (χ4n) is 0.567. The smallest absolute Gasteiger partial charge is 0.332 e. The Bertz CT molecular complexity index is 400. The van der Waals surface area contributed by atoms with Gasteiger partial charge in [-0.25, -0.2) is 14.4 Å². The highest BCUT2D eigenvalue weighted by Crippen LogP contribution is 1.97. The molecule has 0 bridgehead atoms. The van der Waals surface area contributed by atoms with Crippen LogP contribution in [0.5, 0.6) is 0 Å². The number of esters is 1. The minimum atomic E-state index is -1.05. The monoisotopic (exact) mass is 270 g/mol. The largest absolute Gasteiger partial charge is 0.478 e. The Morgan fingerprint density at radius 2 is 1.26 bits per heavy atom. The van der Waals surface area contributed by atoms with E-state index in [1.807, 2.05) is 0 Å². The number of hydrogen-bond donors (Lipinski definition) is 2. The first kappa shape index (κ1) is 19.0. The van der Waals surface area contributed by atoms with Crippen LogP contribution in [0, 0.1) is 0 Å². The van der Waals surface area contributed by atoms with Gasteiger partial charge in [-0.15, -0.1) is 0 Å². The zero-order valence-electron chi connectivity index (χ0n) is 11.4. The zero-order valence-corrected chi connectivity index (χ0v) is 11.4. The maximum absolute atomic E-state index is 10.2. The number of carboxylic acid groups (broad SMARTS) is 2. The summed E-state index contributed by atoms with van der Waals surface area (Å²) in [6, 6.07) is 0. The second-order valence-electron chi connectivity index (χ2n) is 3.58. The molecule has 2 N–H and O–H groups in total. The average molecular weight is 270 g/mol. The van der Waals surface area contributed by atoms with Gasteiger partial charge < -0.3 is 14.9 Å². The third-order valence-corrected chi connectivity index (χ3v) is 1.79. The Labute approximate surface area is 111 Å². The van der Waals surface area contributed by atoms with Crippen LogP contribution in [0.1, 0.15) is 20.8 Å². The highest BCUT2D eigenvalue weighted by molar-refractivity contribution is 5.88. The van der Waals surface area contributed by atoms with Gasteiger partial charge in [-0.05, 0) is 20.8 Å². The topological polar surface area (TPSA) is 101 Å². The molecule has 106 valence electrons. The van der Waals surface area contributed by atoms with Crippen molar-refractivity contribution >= 4 is 17.9 Å². The van der Waals surface area contributed by atoms with Gasteiger partial charge in [0.2, 0.25) is 0 Å². The Balaban J connectivity index is 0. The summed E-state index contributed by atoms with van der Waals surface area (Å²) in [5.74, 6) is -2.45. The normalized spacial score (nSPS) is 10.9. The summed E-state index contributed by atoms with van der Waals surface area (Å²) in [7, 11) is 1.33. The number of allylic oxidation sites excluding steroid dienone is 2. The molecular weight excluding hydrogens is 252 g/mol. The molecule has 0 rings (SSSR count). The van der Waals surface area contributed by atoms with E-state index in [9.17, 15) is 14.4 Å². The first-order valence-electron chi connectivity index (χ1n) is 5.19. The van der Waals surface area contributed by atoms with Crippen molar-refractivity contribution in [2.75, 3.05) is 7.11 Å². The third-order valence-electron chi connectivity index (χ3n) is 1.79. The molecule has 0 aromatic rings. The number of aliphatic carboxylic acids is 2. The molecule has 0 saturated heterocycles. The van der Waals surface area contributed by atoms with Crippen molar-refractivity contribution in [1.82, 2.24) is 0 Å². The van der Waals surface area contributed by atoms with Gasteiger partial charge >= 0.3 is 17.9 Å². The number of hydrogen-bond acceptors (Lipinski definition) is 4. The summed E-state index contributed by atoms with van der Waals surface area (Å²) in [6.45, 7) is 7.75. The van der Waals surface area contributed by atoms with Crippen LogP contribution < -0.4 is 0 Å². The highest BCUT2D eigenvalue weighted by Gasteiger charge is 1.99. The molecule has 0 heterocycles. The van der Waals surface area contributed by atoms with Crippen LogP contribution in [-0.2, 0) is 19.1 Å². The van der Waals surface area contributed by atoms with E-state index in [0.29, 0.717) is 5.57 Å². The van der Waals surface area contributed by atoms with Gasteiger partial charge in [-0.2, -0.15) is 0 Å².